The molecular weight excluding hydrogens is 502 g/mol. The van der Waals surface area contributed by atoms with Gasteiger partial charge < -0.3 is 0 Å². The normalized spacial score (nSPS) is 11.5. The number of nitrogens with zero attached hydrogens (tertiary/aromatic N) is 3. The Labute approximate surface area is 235 Å². The average Bonchev–Trinajstić information content (AvgIpc) is 3.44. The maximum absolute atomic E-state index is 14.3. The SMILES string of the molecule is N#Cc1ccc(-c2ccc3c(=O)n4c5cc(-c6ccccc6)cc(-c6ccccc6)c5nc4c4cccc2c34)cc1. The fourth-order valence-electron chi connectivity index (χ4n) is 6.07. The van der Waals surface area contributed by atoms with E-state index < -0.39 is 0 Å². The van der Waals surface area contributed by atoms with E-state index in [0.29, 0.717) is 16.6 Å². The molecule has 2 heterocycles. The summed E-state index contributed by atoms with van der Waals surface area (Å²) in [4.78, 5) is 19.5. The first-order valence-corrected chi connectivity index (χ1v) is 13.5. The van der Waals surface area contributed by atoms with Crippen molar-refractivity contribution in [3.05, 3.63) is 143 Å². The lowest BCUT2D eigenvalue weighted by Crippen LogP contribution is -2.13. The first-order valence-electron chi connectivity index (χ1n) is 13.5. The third-order valence-electron chi connectivity index (χ3n) is 7.99. The van der Waals surface area contributed by atoms with Crippen LogP contribution in [0.1, 0.15) is 5.56 Å². The van der Waals surface area contributed by atoms with Crippen molar-refractivity contribution in [2.45, 2.75) is 0 Å². The number of fused-ring (bicyclic) bond motifs is 4. The van der Waals surface area contributed by atoms with Gasteiger partial charge in [-0.15, -0.1) is 0 Å². The second-order valence-corrected chi connectivity index (χ2v) is 10.3. The molecule has 0 aliphatic heterocycles. The van der Waals surface area contributed by atoms with E-state index in [9.17, 15) is 10.1 Å². The topological polar surface area (TPSA) is 58.2 Å². The minimum Gasteiger partial charge on any atom is -0.268 e. The van der Waals surface area contributed by atoms with E-state index in [4.69, 9.17) is 4.98 Å². The summed E-state index contributed by atoms with van der Waals surface area (Å²) in [5, 5.41) is 12.7. The van der Waals surface area contributed by atoms with Gasteiger partial charge >= 0.3 is 0 Å². The molecule has 4 heteroatoms. The van der Waals surface area contributed by atoms with Gasteiger partial charge in [0.1, 0.15) is 5.65 Å². The van der Waals surface area contributed by atoms with Crippen molar-refractivity contribution < 1.29 is 0 Å². The zero-order valence-corrected chi connectivity index (χ0v) is 21.9. The Morgan fingerprint density at radius 1 is 0.585 bits per heavy atom. The van der Waals surface area contributed by atoms with Crippen LogP contribution in [0.15, 0.2) is 132 Å². The summed E-state index contributed by atoms with van der Waals surface area (Å²) >= 11 is 0. The number of hydrogen-bond acceptors (Lipinski definition) is 3. The van der Waals surface area contributed by atoms with E-state index in [1.807, 2.05) is 78.9 Å². The Bertz CT molecular complexity index is 2370. The molecule has 0 unspecified atom stereocenters. The van der Waals surface area contributed by atoms with Crippen LogP contribution < -0.4 is 5.56 Å². The Balaban J connectivity index is 1.50. The van der Waals surface area contributed by atoms with Gasteiger partial charge in [0.2, 0.25) is 0 Å². The van der Waals surface area contributed by atoms with Gasteiger partial charge in [-0.1, -0.05) is 97.1 Å². The lowest BCUT2D eigenvalue weighted by atomic mass is 9.94. The van der Waals surface area contributed by atoms with Gasteiger partial charge in [-0.05, 0) is 63.5 Å². The second-order valence-electron chi connectivity index (χ2n) is 10.3. The molecule has 0 saturated carbocycles. The van der Waals surface area contributed by atoms with Crippen LogP contribution in [0, 0.1) is 11.3 Å². The van der Waals surface area contributed by atoms with E-state index in [2.05, 4.69) is 54.6 Å². The van der Waals surface area contributed by atoms with E-state index in [0.717, 1.165) is 60.6 Å². The molecule has 0 N–H and O–H groups in total. The Morgan fingerprint density at radius 2 is 1.27 bits per heavy atom. The van der Waals surface area contributed by atoms with Crippen molar-refractivity contribution in [1.82, 2.24) is 9.38 Å². The molecule has 41 heavy (non-hydrogen) atoms. The molecule has 8 rings (SSSR count). The van der Waals surface area contributed by atoms with Crippen LogP contribution in [0.4, 0.5) is 0 Å². The van der Waals surface area contributed by atoms with Gasteiger partial charge in [0.25, 0.3) is 5.56 Å². The molecule has 0 amide bonds. The summed E-state index contributed by atoms with van der Waals surface area (Å²) in [6, 6.07) is 44.6. The van der Waals surface area contributed by atoms with Crippen molar-refractivity contribution in [2.75, 3.05) is 0 Å². The molecule has 2 aromatic heterocycles. The van der Waals surface area contributed by atoms with Crippen LogP contribution in [0.25, 0.3) is 71.6 Å². The number of rotatable bonds is 3. The fraction of sp³-hybridized carbons (Fsp3) is 0. The number of benzene rings is 6. The number of imidazole rings is 1. The van der Waals surface area contributed by atoms with Crippen LogP contribution >= 0.6 is 0 Å². The van der Waals surface area contributed by atoms with E-state index in [-0.39, 0.29) is 5.56 Å². The third kappa shape index (κ3) is 3.46. The Morgan fingerprint density at radius 3 is 2.00 bits per heavy atom. The summed E-state index contributed by atoms with van der Waals surface area (Å²) in [5.74, 6) is 0. The zero-order valence-electron chi connectivity index (χ0n) is 21.9. The largest absolute Gasteiger partial charge is 0.268 e. The maximum atomic E-state index is 14.3. The van der Waals surface area contributed by atoms with Crippen molar-refractivity contribution in [3.63, 3.8) is 0 Å². The van der Waals surface area contributed by atoms with Crippen LogP contribution in [0.2, 0.25) is 0 Å². The summed E-state index contributed by atoms with van der Waals surface area (Å²) < 4.78 is 1.78. The van der Waals surface area contributed by atoms with Gasteiger partial charge in [-0.25, -0.2) is 4.98 Å². The van der Waals surface area contributed by atoms with Crippen LogP contribution in [-0.4, -0.2) is 9.38 Å². The molecule has 0 spiro atoms. The highest BCUT2D eigenvalue weighted by Gasteiger charge is 2.20. The van der Waals surface area contributed by atoms with Gasteiger partial charge in [0.05, 0.1) is 22.7 Å². The van der Waals surface area contributed by atoms with E-state index in [1.165, 1.54) is 0 Å². The standard InChI is InChI=1S/C37H21N3O/c38-22-23-14-16-26(17-15-23)28-18-19-31-34-29(28)12-7-13-30(34)36-39-35-32(25-10-5-2-6-11-25)20-27(24-8-3-1-4-9-24)21-33(35)40(36)37(31)41/h1-21H. The number of hydrogen-bond donors (Lipinski definition) is 0. The molecule has 0 atom stereocenters. The molecule has 0 radical (unpaired) electrons. The van der Waals surface area contributed by atoms with E-state index in [1.54, 1.807) is 4.40 Å². The quantitative estimate of drug-likeness (QED) is 0.233. The van der Waals surface area contributed by atoms with Gasteiger partial charge in [0.15, 0.2) is 0 Å². The van der Waals surface area contributed by atoms with Crippen LogP contribution in [0.3, 0.4) is 0 Å². The van der Waals surface area contributed by atoms with Gasteiger partial charge in [-0.2, -0.15) is 5.26 Å². The molecule has 0 aliphatic rings. The summed E-state index contributed by atoms with van der Waals surface area (Å²) in [6.07, 6.45) is 0. The summed E-state index contributed by atoms with van der Waals surface area (Å²) in [6.45, 7) is 0. The van der Waals surface area contributed by atoms with Crippen LogP contribution in [-0.2, 0) is 0 Å². The van der Waals surface area contributed by atoms with Gasteiger partial charge in [0, 0.05) is 21.7 Å². The number of aromatic nitrogens is 2. The van der Waals surface area contributed by atoms with Crippen molar-refractivity contribution >= 4 is 38.2 Å². The molecule has 4 nitrogen and oxygen atoms in total. The third-order valence-corrected chi connectivity index (χ3v) is 7.99. The summed E-state index contributed by atoms with van der Waals surface area (Å²) in [7, 11) is 0. The smallest absolute Gasteiger partial charge is 0.264 e. The highest BCUT2D eigenvalue weighted by atomic mass is 16.1. The van der Waals surface area contributed by atoms with Gasteiger partial charge in [-0.3, -0.25) is 9.20 Å². The Kier molecular flexibility index (Phi) is 5.01. The lowest BCUT2D eigenvalue weighted by molar-refractivity contribution is 1.19. The van der Waals surface area contributed by atoms with E-state index >= 15 is 0 Å². The zero-order chi connectivity index (χ0) is 27.5. The number of pyridine rings is 1. The molecule has 0 saturated heterocycles. The number of nitriles is 1. The summed E-state index contributed by atoms with van der Waals surface area (Å²) in [5.41, 5.74) is 8.96. The maximum Gasteiger partial charge on any atom is 0.264 e. The van der Waals surface area contributed by atoms with Crippen LogP contribution in [0.5, 0.6) is 0 Å². The second kappa shape index (κ2) is 8.87. The molecular formula is C37H21N3O. The Hall–Kier alpha value is -5.79. The molecule has 6 aromatic carbocycles. The van der Waals surface area contributed by atoms with Crippen molar-refractivity contribution in [2.24, 2.45) is 0 Å². The monoisotopic (exact) mass is 523 g/mol. The molecule has 0 fully saturated rings. The minimum absolute atomic E-state index is 0.0817. The molecule has 0 aliphatic carbocycles. The van der Waals surface area contributed by atoms with Crippen molar-refractivity contribution in [1.29, 1.82) is 5.26 Å². The molecule has 8 aromatic rings. The predicted molar refractivity (Wildman–Crippen MR) is 166 cm³/mol. The molecule has 190 valence electrons. The minimum atomic E-state index is -0.0817. The van der Waals surface area contributed by atoms with Crippen molar-refractivity contribution in [3.8, 4) is 39.4 Å². The highest BCUT2D eigenvalue weighted by molar-refractivity contribution is 6.19. The fourth-order valence-corrected chi connectivity index (χ4v) is 6.07. The average molecular weight is 524 g/mol. The first-order chi connectivity index (χ1) is 20.2. The first kappa shape index (κ1) is 23.1. The molecule has 0 bridgehead atoms. The predicted octanol–water partition coefficient (Wildman–Crippen LogP) is 8.46. The lowest BCUT2D eigenvalue weighted by Gasteiger charge is -2.12. The highest BCUT2D eigenvalue weighted by Crippen LogP contribution is 2.38.